The molecule has 1 aromatic carbocycles. The fourth-order valence-electron chi connectivity index (χ4n) is 3.45. The van der Waals surface area contributed by atoms with E-state index in [9.17, 15) is 13.2 Å². The molecule has 4 rings (SSSR count). The summed E-state index contributed by atoms with van der Waals surface area (Å²) in [6.45, 7) is 1.53. The number of rotatable bonds is 1. The van der Waals surface area contributed by atoms with Gasteiger partial charge in [-0.25, -0.2) is 0 Å². The normalized spacial score (nSPS) is 29.1. The van der Waals surface area contributed by atoms with Crippen LogP contribution in [-0.4, -0.2) is 19.2 Å². The molecule has 1 N–H and O–H groups in total. The van der Waals surface area contributed by atoms with Gasteiger partial charge in [-0.15, -0.1) is 0 Å². The molecule has 0 amide bonds. The monoisotopic (exact) mass is 283 g/mol. The summed E-state index contributed by atoms with van der Waals surface area (Å²) in [4.78, 5) is 0. The first-order chi connectivity index (χ1) is 9.54. The number of fused-ring (bicyclic) bond motifs is 3. The van der Waals surface area contributed by atoms with Crippen molar-refractivity contribution in [1.29, 1.82) is 0 Å². The molecule has 1 saturated carbocycles. The van der Waals surface area contributed by atoms with Gasteiger partial charge in [0.25, 0.3) is 0 Å². The minimum absolute atomic E-state index is 0.0260. The van der Waals surface area contributed by atoms with Gasteiger partial charge in [-0.1, -0.05) is 6.07 Å². The Bertz CT molecular complexity index is 551. The standard InChI is InChI=1S/C15H16F3NO/c16-15(17,18)13-4-9(8-1-2-8)3-10-11-5-19-6-14(11)20-7-12(10)13/h3-4,8,11,14,19H,1-2,5-7H2/t11-,14-/m0/s1. The van der Waals surface area contributed by atoms with Crippen LogP contribution in [0.25, 0.3) is 0 Å². The quantitative estimate of drug-likeness (QED) is 0.854. The second kappa shape index (κ2) is 4.21. The SMILES string of the molecule is FC(F)(F)c1cc(C2CC2)cc2c1CO[C@H]1CNC[C@@H]21. The molecule has 2 fully saturated rings. The van der Waals surface area contributed by atoms with E-state index in [1.165, 1.54) is 6.07 Å². The zero-order valence-corrected chi connectivity index (χ0v) is 11.0. The smallest absolute Gasteiger partial charge is 0.372 e. The molecule has 0 aromatic heterocycles. The van der Waals surface area contributed by atoms with Gasteiger partial charge in [0.1, 0.15) is 0 Å². The predicted octanol–water partition coefficient (Wildman–Crippen LogP) is 3.17. The highest BCUT2D eigenvalue weighted by molar-refractivity contribution is 5.46. The molecule has 2 heterocycles. The third kappa shape index (κ3) is 1.95. The van der Waals surface area contributed by atoms with Crippen LogP contribution in [0, 0.1) is 0 Å². The minimum Gasteiger partial charge on any atom is -0.372 e. The van der Waals surface area contributed by atoms with Crippen molar-refractivity contribution >= 4 is 0 Å². The molecule has 3 aliphatic rings. The fourth-order valence-corrected chi connectivity index (χ4v) is 3.45. The summed E-state index contributed by atoms with van der Waals surface area (Å²) in [6.07, 6.45) is -2.24. The third-order valence-corrected chi connectivity index (χ3v) is 4.66. The lowest BCUT2D eigenvalue weighted by Gasteiger charge is -2.31. The maximum Gasteiger partial charge on any atom is 0.416 e. The lowest BCUT2D eigenvalue weighted by Crippen LogP contribution is -2.29. The Kier molecular flexibility index (Phi) is 2.67. The second-order valence-electron chi connectivity index (χ2n) is 6.02. The van der Waals surface area contributed by atoms with Crippen LogP contribution in [0.2, 0.25) is 0 Å². The lowest BCUT2D eigenvalue weighted by molar-refractivity contribution is -0.139. The van der Waals surface area contributed by atoms with Gasteiger partial charge in [0, 0.05) is 19.0 Å². The van der Waals surface area contributed by atoms with Gasteiger partial charge < -0.3 is 10.1 Å². The van der Waals surface area contributed by atoms with Gasteiger partial charge in [-0.05, 0) is 41.5 Å². The maximum atomic E-state index is 13.3. The number of benzene rings is 1. The molecule has 0 unspecified atom stereocenters. The average molecular weight is 283 g/mol. The van der Waals surface area contributed by atoms with Crippen LogP contribution >= 0.6 is 0 Å². The number of hydrogen-bond donors (Lipinski definition) is 1. The first kappa shape index (κ1) is 12.7. The molecule has 108 valence electrons. The average Bonchev–Trinajstić information content (AvgIpc) is 3.13. The Morgan fingerprint density at radius 1 is 1.15 bits per heavy atom. The highest BCUT2D eigenvalue weighted by atomic mass is 19.4. The van der Waals surface area contributed by atoms with Crippen LogP contribution in [-0.2, 0) is 17.5 Å². The van der Waals surface area contributed by atoms with Crippen LogP contribution in [0.1, 0.15) is 46.9 Å². The van der Waals surface area contributed by atoms with E-state index in [-0.39, 0.29) is 18.6 Å². The highest BCUT2D eigenvalue weighted by Crippen LogP contribution is 2.47. The predicted molar refractivity (Wildman–Crippen MR) is 67.6 cm³/mol. The van der Waals surface area contributed by atoms with Crippen LogP contribution in [0.15, 0.2) is 12.1 Å². The maximum absolute atomic E-state index is 13.3. The van der Waals surface area contributed by atoms with Crippen molar-refractivity contribution < 1.29 is 17.9 Å². The molecular formula is C15H16F3NO. The van der Waals surface area contributed by atoms with Crippen molar-refractivity contribution in [3.8, 4) is 0 Å². The second-order valence-corrected chi connectivity index (χ2v) is 6.02. The summed E-state index contributed by atoms with van der Waals surface area (Å²) < 4.78 is 45.6. The van der Waals surface area contributed by atoms with Crippen LogP contribution in [0.3, 0.4) is 0 Å². The molecule has 0 bridgehead atoms. The molecule has 2 nitrogen and oxygen atoms in total. The van der Waals surface area contributed by atoms with Gasteiger partial charge in [0.05, 0.1) is 18.3 Å². The molecule has 1 saturated heterocycles. The van der Waals surface area contributed by atoms with Gasteiger partial charge >= 0.3 is 6.18 Å². The van der Waals surface area contributed by atoms with Gasteiger partial charge in [0.15, 0.2) is 0 Å². The third-order valence-electron chi connectivity index (χ3n) is 4.66. The topological polar surface area (TPSA) is 21.3 Å². The summed E-state index contributed by atoms with van der Waals surface area (Å²) >= 11 is 0. The van der Waals surface area contributed by atoms with Crippen LogP contribution in [0.5, 0.6) is 0 Å². The molecule has 2 atom stereocenters. The summed E-state index contributed by atoms with van der Waals surface area (Å²) in [6, 6.07) is 3.36. The Hall–Kier alpha value is -1.07. The number of nitrogens with one attached hydrogen (secondary N) is 1. The zero-order chi connectivity index (χ0) is 13.9. The summed E-state index contributed by atoms with van der Waals surface area (Å²) in [5.74, 6) is 0.399. The molecular weight excluding hydrogens is 267 g/mol. The first-order valence-corrected chi connectivity index (χ1v) is 7.10. The highest BCUT2D eigenvalue weighted by Gasteiger charge is 2.42. The van der Waals surface area contributed by atoms with Crippen molar-refractivity contribution in [3.63, 3.8) is 0 Å². The summed E-state index contributed by atoms with van der Waals surface area (Å²) in [7, 11) is 0. The van der Waals surface area contributed by atoms with Gasteiger partial charge in [-0.2, -0.15) is 13.2 Å². The van der Waals surface area contributed by atoms with E-state index in [0.29, 0.717) is 18.0 Å². The van der Waals surface area contributed by atoms with Gasteiger partial charge in [-0.3, -0.25) is 0 Å². The largest absolute Gasteiger partial charge is 0.416 e. The Morgan fingerprint density at radius 2 is 1.95 bits per heavy atom. The minimum atomic E-state index is -4.29. The number of alkyl halides is 3. The van der Waals surface area contributed by atoms with E-state index < -0.39 is 11.7 Å². The molecule has 20 heavy (non-hydrogen) atoms. The van der Waals surface area contributed by atoms with Crippen LogP contribution < -0.4 is 5.32 Å². The molecule has 0 radical (unpaired) electrons. The van der Waals surface area contributed by atoms with Crippen molar-refractivity contribution in [2.75, 3.05) is 13.1 Å². The van der Waals surface area contributed by atoms with E-state index in [1.54, 1.807) is 0 Å². The molecule has 0 spiro atoms. The Morgan fingerprint density at radius 3 is 2.65 bits per heavy atom. The Labute approximate surface area is 115 Å². The number of ether oxygens (including phenoxy) is 1. The fraction of sp³-hybridized carbons (Fsp3) is 0.600. The summed E-state index contributed by atoms with van der Waals surface area (Å²) in [5.41, 5.74) is 1.60. The van der Waals surface area contributed by atoms with Crippen molar-refractivity contribution in [2.45, 2.75) is 43.6 Å². The van der Waals surface area contributed by atoms with Crippen LogP contribution in [0.4, 0.5) is 13.2 Å². The zero-order valence-electron chi connectivity index (χ0n) is 11.0. The van der Waals surface area contributed by atoms with Crippen molar-refractivity contribution in [1.82, 2.24) is 5.32 Å². The van der Waals surface area contributed by atoms with E-state index in [4.69, 9.17) is 4.74 Å². The van der Waals surface area contributed by atoms with E-state index >= 15 is 0 Å². The van der Waals surface area contributed by atoms with Gasteiger partial charge in [0.2, 0.25) is 0 Å². The van der Waals surface area contributed by atoms with Crippen molar-refractivity contribution in [3.05, 3.63) is 34.4 Å². The molecule has 5 heteroatoms. The molecule has 2 aliphatic heterocycles. The molecule has 1 aromatic rings. The number of hydrogen-bond acceptors (Lipinski definition) is 2. The van der Waals surface area contributed by atoms with E-state index in [2.05, 4.69) is 5.32 Å². The summed E-state index contributed by atoms with van der Waals surface area (Å²) in [5, 5.41) is 3.22. The van der Waals surface area contributed by atoms with E-state index in [0.717, 1.165) is 30.5 Å². The van der Waals surface area contributed by atoms with E-state index in [1.807, 2.05) is 6.07 Å². The number of halogens is 3. The Balaban J connectivity index is 1.87. The first-order valence-electron chi connectivity index (χ1n) is 7.10. The van der Waals surface area contributed by atoms with Crippen molar-refractivity contribution in [2.24, 2.45) is 0 Å². The lowest BCUT2D eigenvalue weighted by atomic mass is 9.84. The molecule has 1 aliphatic carbocycles.